The molecule has 0 aliphatic rings. The lowest BCUT2D eigenvalue weighted by Gasteiger charge is -2.07. The third-order valence-electron chi connectivity index (χ3n) is 3.26. The molecule has 0 amide bonds. The normalized spacial score (nSPS) is 11.1. The summed E-state index contributed by atoms with van der Waals surface area (Å²) in [4.78, 5) is 15.3. The van der Waals surface area contributed by atoms with Gasteiger partial charge in [-0.3, -0.25) is 4.79 Å². The van der Waals surface area contributed by atoms with Crippen molar-refractivity contribution in [2.45, 2.75) is 39.3 Å². The molecular formula is C15H20N2O3. The molecule has 1 aromatic carbocycles. The Hall–Kier alpha value is -1.88. The fourth-order valence-electron chi connectivity index (χ4n) is 2.31. The first kappa shape index (κ1) is 14.5. The van der Waals surface area contributed by atoms with Gasteiger partial charge in [0.25, 0.3) is 0 Å². The van der Waals surface area contributed by atoms with Crippen LogP contribution >= 0.6 is 0 Å². The molecule has 0 bridgehead atoms. The Bertz CT molecular complexity index is 604. The second-order valence-electron chi connectivity index (χ2n) is 4.86. The van der Waals surface area contributed by atoms with Gasteiger partial charge in [-0.15, -0.1) is 0 Å². The molecule has 0 aliphatic heterocycles. The molecule has 5 heteroatoms. The zero-order valence-electron chi connectivity index (χ0n) is 11.9. The minimum absolute atomic E-state index is 0.0252. The summed E-state index contributed by atoms with van der Waals surface area (Å²) in [5, 5.41) is 8.85. The van der Waals surface area contributed by atoms with Crippen molar-refractivity contribution in [1.82, 2.24) is 9.55 Å². The number of nitrogens with zero attached hydrogens (tertiary/aromatic N) is 2. The van der Waals surface area contributed by atoms with Crippen molar-refractivity contribution in [3.05, 3.63) is 29.6 Å². The molecule has 108 valence electrons. The van der Waals surface area contributed by atoms with E-state index >= 15 is 0 Å². The number of unbranched alkanes of at least 4 members (excludes halogenated alkanes) is 1. The molecule has 1 N–H and O–H groups in total. The number of carboxylic acid groups (broad SMARTS) is 1. The van der Waals surface area contributed by atoms with Crippen LogP contribution in [0.2, 0.25) is 0 Å². The van der Waals surface area contributed by atoms with E-state index in [1.165, 1.54) is 0 Å². The number of rotatable bonds is 7. The zero-order chi connectivity index (χ0) is 14.5. The van der Waals surface area contributed by atoms with E-state index in [4.69, 9.17) is 9.84 Å². The first-order valence-corrected chi connectivity index (χ1v) is 6.84. The maximum absolute atomic E-state index is 10.8. The Kier molecular flexibility index (Phi) is 4.74. The summed E-state index contributed by atoms with van der Waals surface area (Å²) in [5.41, 5.74) is 2.65. The summed E-state index contributed by atoms with van der Waals surface area (Å²) < 4.78 is 7.36. The number of carboxylic acids is 1. The lowest BCUT2D eigenvalue weighted by atomic mass is 10.1. The molecule has 0 aliphatic carbocycles. The van der Waals surface area contributed by atoms with Crippen LogP contribution in [0.25, 0.3) is 11.0 Å². The number of hydrogen-bond acceptors (Lipinski definition) is 3. The van der Waals surface area contributed by atoms with Crippen molar-refractivity contribution >= 4 is 17.0 Å². The van der Waals surface area contributed by atoms with Crippen molar-refractivity contribution in [2.75, 3.05) is 7.11 Å². The summed E-state index contributed by atoms with van der Waals surface area (Å²) in [6.07, 6.45) is 2.22. The average Bonchev–Trinajstić information content (AvgIpc) is 2.73. The van der Waals surface area contributed by atoms with Crippen LogP contribution in [-0.4, -0.2) is 27.7 Å². The fraction of sp³-hybridized carbons (Fsp3) is 0.467. The van der Waals surface area contributed by atoms with E-state index in [2.05, 4.69) is 16.5 Å². The maximum atomic E-state index is 10.8. The van der Waals surface area contributed by atoms with Crippen molar-refractivity contribution in [3.63, 3.8) is 0 Å². The van der Waals surface area contributed by atoms with Gasteiger partial charge in [0.15, 0.2) is 0 Å². The van der Waals surface area contributed by atoms with E-state index < -0.39 is 5.97 Å². The van der Waals surface area contributed by atoms with Crippen molar-refractivity contribution in [1.29, 1.82) is 0 Å². The Balaban J connectivity index is 2.41. The molecule has 20 heavy (non-hydrogen) atoms. The van der Waals surface area contributed by atoms with Gasteiger partial charge in [-0.05, 0) is 24.1 Å². The molecule has 5 nitrogen and oxygen atoms in total. The number of benzene rings is 1. The Morgan fingerprint density at radius 2 is 2.25 bits per heavy atom. The van der Waals surface area contributed by atoms with E-state index in [9.17, 15) is 4.79 Å². The van der Waals surface area contributed by atoms with Crippen LogP contribution < -0.4 is 0 Å². The number of aromatic nitrogens is 2. The maximum Gasteiger partial charge on any atom is 0.307 e. The van der Waals surface area contributed by atoms with Gasteiger partial charge in [0, 0.05) is 13.7 Å². The van der Waals surface area contributed by atoms with Crippen LogP contribution in [0.3, 0.4) is 0 Å². The molecule has 1 aromatic heterocycles. The Morgan fingerprint density at radius 3 is 2.90 bits per heavy atom. The average molecular weight is 276 g/mol. The largest absolute Gasteiger partial charge is 0.481 e. The van der Waals surface area contributed by atoms with Crippen LogP contribution in [0.4, 0.5) is 0 Å². The van der Waals surface area contributed by atoms with Crippen LogP contribution in [0.15, 0.2) is 18.2 Å². The highest BCUT2D eigenvalue weighted by Gasteiger charge is 2.11. The van der Waals surface area contributed by atoms with Gasteiger partial charge in [-0.2, -0.15) is 0 Å². The van der Waals surface area contributed by atoms with Crippen LogP contribution in [-0.2, 0) is 29.1 Å². The minimum Gasteiger partial charge on any atom is -0.481 e. The molecule has 0 saturated heterocycles. The van der Waals surface area contributed by atoms with Crippen molar-refractivity contribution < 1.29 is 14.6 Å². The first-order chi connectivity index (χ1) is 9.65. The number of imidazole rings is 1. The van der Waals surface area contributed by atoms with Gasteiger partial charge in [0.05, 0.1) is 17.5 Å². The number of carbonyl (C=O) groups is 1. The summed E-state index contributed by atoms with van der Waals surface area (Å²) in [6.45, 7) is 3.52. The lowest BCUT2D eigenvalue weighted by molar-refractivity contribution is -0.136. The molecule has 0 spiro atoms. The van der Waals surface area contributed by atoms with Crippen LogP contribution in [0, 0.1) is 0 Å². The first-order valence-electron chi connectivity index (χ1n) is 6.84. The summed E-state index contributed by atoms with van der Waals surface area (Å²) in [5.74, 6) is 0.0651. The zero-order valence-corrected chi connectivity index (χ0v) is 11.9. The van der Waals surface area contributed by atoms with Crippen molar-refractivity contribution in [2.24, 2.45) is 0 Å². The predicted molar refractivity (Wildman–Crippen MR) is 76.7 cm³/mol. The fourth-order valence-corrected chi connectivity index (χ4v) is 2.31. The van der Waals surface area contributed by atoms with Gasteiger partial charge in [0.2, 0.25) is 0 Å². The number of fused-ring (bicyclic) bond motifs is 1. The quantitative estimate of drug-likeness (QED) is 0.844. The molecule has 1 heterocycles. The second-order valence-corrected chi connectivity index (χ2v) is 4.86. The SMILES string of the molecule is CCCCn1c(COC)nc2cc(CC(=O)O)ccc21. The highest BCUT2D eigenvalue weighted by molar-refractivity contribution is 5.79. The van der Waals surface area contributed by atoms with E-state index in [0.29, 0.717) is 6.61 Å². The van der Waals surface area contributed by atoms with E-state index in [0.717, 1.165) is 41.8 Å². The van der Waals surface area contributed by atoms with Gasteiger partial charge in [-0.1, -0.05) is 19.4 Å². The van der Waals surface area contributed by atoms with Gasteiger partial charge in [-0.25, -0.2) is 4.98 Å². The highest BCUT2D eigenvalue weighted by atomic mass is 16.5. The number of aliphatic carboxylic acids is 1. The molecular weight excluding hydrogens is 256 g/mol. The number of hydrogen-bond donors (Lipinski definition) is 1. The molecule has 0 unspecified atom stereocenters. The monoisotopic (exact) mass is 276 g/mol. The number of methoxy groups -OCH3 is 1. The summed E-state index contributed by atoms with van der Waals surface area (Å²) in [6, 6.07) is 5.66. The minimum atomic E-state index is -0.827. The van der Waals surface area contributed by atoms with Gasteiger partial charge < -0.3 is 14.4 Å². The van der Waals surface area contributed by atoms with Crippen LogP contribution in [0.5, 0.6) is 0 Å². The third-order valence-corrected chi connectivity index (χ3v) is 3.26. The Labute approximate surface area is 118 Å². The summed E-state index contributed by atoms with van der Waals surface area (Å²) in [7, 11) is 1.65. The molecule has 0 atom stereocenters. The topological polar surface area (TPSA) is 64.4 Å². The summed E-state index contributed by atoms with van der Waals surface area (Å²) >= 11 is 0. The smallest absolute Gasteiger partial charge is 0.307 e. The molecule has 0 saturated carbocycles. The molecule has 2 aromatic rings. The number of aryl methyl sites for hydroxylation is 1. The van der Waals surface area contributed by atoms with Gasteiger partial charge in [0.1, 0.15) is 12.4 Å². The predicted octanol–water partition coefficient (Wildman–Crippen LogP) is 2.61. The van der Waals surface area contributed by atoms with Crippen molar-refractivity contribution in [3.8, 4) is 0 Å². The van der Waals surface area contributed by atoms with E-state index in [-0.39, 0.29) is 6.42 Å². The Morgan fingerprint density at radius 1 is 1.45 bits per heavy atom. The van der Waals surface area contributed by atoms with Crippen LogP contribution in [0.1, 0.15) is 31.2 Å². The third kappa shape index (κ3) is 3.17. The van der Waals surface area contributed by atoms with E-state index in [1.807, 2.05) is 18.2 Å². The van der Waals surface area contributed by atoms with E-state index in [1.54, 1.807) is 7.11 Å². The molecule has 0 radical (unpaired) electrons. The standard InChI is InChI=1S/C15H20N2O3/c1-3-4-7-17-13-6-5-11(9-15(18)19)8-12(13)16-14(17)10-20-2/h5-6,8H,3-4,7,9-10H2,1-2H3,(H,18,19). The van der Waals surface area contributed by atoms with Gasteiger partial charge >= 0.3 is 5.97 Å². The molecule has 2 rings (SSSR count). The number of ether oxygens (including phenoxy) is 1. The second kappa shape index (κ2) is 6.52. The highest BCUT2D eigenvalue weighted by Crippen LogP contribution is 2.20. The lowest BCUT2D eigenvalue weighted by Crippen LogP contribution is -2.05. The molecule has 0 fully saturated rings.